The standard InChI is InChI=1S/C28H48O/c1-18(2)8-7-9-19(3)22-12-13-24-21-10-11-23-20(4)26(29)15-17-28(23,6)25(21)14-16-27(22,24)5/h10,18-20,22-26,29H,7-9,11-17H2,1-6H3/t19-,20+,22-,23-,24+,25+,26+,27-,28+/m1/s1. The van der Waals surface area contributed by atoms with Crippen LogP contribution in [0.1, 0.15) is 106 Å². The number of aliphatic hydroxyl groups is 1. The van der Waals surface area contributed by atoms with Gasteiger partial charge in [-0.3, -0.25) is 0 Å². The molecule has 3 fully saturated rings. The molecular weight excluding hydrogens is 352 g/mol. The van der Waals surface area contributed by atoms with Crippen molar-refractivity contribution in [2.24, 2.45) is 52.3 Å². The fraction of sp³-hybridized carbons (Fsp3) is 0.929. The predicted molar refractivity (Wildman–Crippen MR) is 124 cm³/mol. The lowest BCUT2D eigenvalue weighted by Gasteiger charge is -2.59. The number of aliphatic hydroxyl groups excluding tert-OH is 1. The minimum Gasteiger partial charge on any atom is -0.393 e. The molecule has 4 aliphatic rings. The zero-order valence-electron chi connectivity index (χ0n) is 20.2. The molecule has 0 aromatic carbocycles. The van der Waals surface area contributed by atoms with Crippen molar-refractivity contribution in [1.29, 1.82) is 0 Å². The minimum atomic E-state index is -0.0700. The molecule has 0 heterocycles. The van der Waals surface area contributed by atoms with Gasteiger partial charge in [-0.1, -0.05) is 72.5 Å². The molecule has 0 spiro atoms. The van der Waals surface area contributed by atoms with Crippen LogP contribution < -0.4 is 0 Å². The van der Waals surface area contributed by atoms with Crippen LogP contribution in [0, 0.1) is 52.3 Å². The Labute approximate surface area is 181 Å². The van der Waals surface area contributed by atoms with E-state index in [-0.39, 0.29) is 6.10 Å². The molecule has 0 aliphatic heterocycles. The van der Waals surface area contributed by atoms with Crippen LogP contribution in [-0.4, -0.2) is 11.2 Å². The average molecular weight is 401 g/mol. The topological polar surface area (TPSA) is 20.2 Å². The number of allylic oxidation sites excluding steroid dienone is 2. The fourth-order valence-corrected chi connectivity index (χ4v) is 8.97. The van der Waals surface area contributed by atoms with Gasteiger partial charge in [0.1, 0.15) is 0 Å². The molecule has 9 atom stereocenters. The molecule has 3 saturated carbocycles. The molecule has 0 radical (unpaired) electrons. The lowest BCUT2D eigenvalue weighted by molar-refractivity contribution is -0.0773. The first kappa shape index (κ1) is 21.9. The second-order valence-electron chi connectivity index (χ2n) is 12.7. The number of fused-ring (bicyclic) bond motifs is 5. The molecule has 1 N–H and O–H groups in total. The smallest absolute Gasteiger partial charge is 0.0568 e. The van der Waals surface area contributed by atoms with Crippen LogP contribution in [0.4, 0.5) is 0 Å². The third-order valence-electron chi connectivity index (χ3n) is 10.8. The van der Waals surface area contributed by atoms with Gasteiger partial charge in [0.15, 0.2) is 0 Å². The van der Waals surface area contributed by atoms with Crippen LogP contribution in [-0.2, 0) is 0 Å². The van der Waals surface area contributed by atoms with Crippen molar-refractivity contribution in [2.75, 3.05) is 0 Å². The van der Waals surface area contributed by atoms with Gasteiger partial charge in [-0.25, -0.2) is 0 Å². The number of hydrogen-bond donors (Lipinski definition) is 1. The van der Waals surface area contributed by atoms with Gasteiger partial charge < -0.3 is 5.11 Å². The molecule has 0 aromatic rings. The number of hydrogen-bond acceptors (Lipinski definition) is 1. The van der Waals surface area contributed by atoms with E-state index in [0.29, 0.717) is 22.7 Å². The van der Waals surface area contributed by atoms with Gasteiger partial charge in [-0.2, -0.15) is 0 Å². The van der Waals surface area contributed by atoms with Crippen LogP contribution in [0.5, 0.6) is 0 Å². The molecule has 1 nitrogen and oxygen atoms in total. The van der Waals surface area contributed by atoms with E-state index in [9.17, 15) is 5.11 Å². The molecule has 1 heteroatoms. The third-order valence-corrected chi connectivity index (χ3v) is 10.8. The molecule has 4 aliphatic carbocycles. The molecule has 4 rings (SSSR count). The monoisotopic (exact) mass is 400 g/mol. The lowest BCUT2D eigenvalue weighted by atomic mass is 9.46. The first-order valence-corrected chi connectivity index (χ1v) is 13.1. The van der Waals surface area contributed by atoms with Crippen LogP contribution in [0.2, 0.25) is 0 Å². The highest BCUT2D eigenvalue weighted by atomic mass is 16.3. The summed E-state index contributed by atoms with van der Waals surface area (Å²) < 4.78 is 0. The van der Waals surface area contributed by atoms with Gasteiger partial charge >= 0.3 is 0 Å². The summed E-state index contributed by atoms with van der Waals surface area (Å²) in [5, 5.41) is 10.5. The van der Waals surface area contributed by atoms with E-state index in [2.05, 4.69) is 47.6 Å². The molecule has 0 aromatic heterocycles. The van der Waals surface area contributed by atoms with Crippen molar-refractivity contribution in [3.8, 4) is 0 Å². The first-order valence-electron chi connectivity index (χ1n) is 13.1. The van der Waals surface area contributed by atoms with Crippen LogP contribution >= 0.6 is 0 Å². The van der Waals surface area contributed by atoms with Gasteiger partial charge in [-0.15, -0.1) is 0 Å². The van der Waals surface area contributed by atoms with Gasteiger partial charge in [0.25, 0.3) is 0 Å². The Balaban J connectivity index is 1.52. The Kier molecular flexibility index (Phi) is 6.04. The van der Waals surface area contributed by atoms with E-state index in [4.69, 9.17) is 0 Å². The lowest BCUT2D eigenvalue weighted by Crippen LogP contribution is -2.52. The summed E-state index contributed by atoms with van der Waals surface area (Å²) in [5.74, 6) is 5.47. The van der Waals surface area contributed by atoms with Crippen molar-refractivity contribution >= 4 is 0 Å². The maximum absolute atomic E-state index is 10.5. The van der Waals surface area contributed by atoms with E-state index in [1.165, 1.54) is 57.8 Å². The zero-order chi connectivity index (χ0) is 21.0. The highest BCUT2D eigenvalue weighted by Gasteiger charge is 2.59. The van der Waals surface area contributed by atoms with Crippen molar-refractivity contribution in [2.45, 2.75) is 112 Å². The average Bonchev–Trinajstić information content (AvgIpc) is 3.02. The highest BCUT2D eigenvalue weighted by Crippen LogP contribution is 2.67. The van der Waals surface area contributed by atoms with Gasteiger partial charge in [0.05, 0.1) is 6.10 Å². The fourth-order valence-electron chi connectivity index (χ4n) is 8.97. The zero-order valence-corrected chi connectivity index (χ0v) is 20.2. The van der Waals surface area contributed by atoms with Crippen LogP contribution in [0.3, 0.4) is 0 Å². The maximum atomic E-state index is 10.5. The molecule has 0 bridgehead atoms. The number of rotatable bonds is 5. The summed E-state index contributed by atoms with van der Waals surface area (Å²) in [4.78, 5) is 0. The highest BCUT2D eigenvalue weighted by molar-refractivity contribution is 5.28. The summed E-state index contributed by atoms with van der Waals surface area (Å²) in [7, 11) is 0. The third kappa shape index (κ3) is 3.56. The van der Waals surface area contributed by atoms with E-state index in [1.807, 2.05) is 5.57 Å². The summed E-state index contributed by atoms with van der Waals surface area (Å²) in [5.41, 5.74) is 2.85. The Morgan fingerprint density at radius 2 is 1.66 bits per heavy atom. The van der Waals surface area contributed by atoms with Gasteiger partial charge in [0, 0.05) is 0 Å². The van der Waals surface area contributed by atoms with Crippen LogP contribution in [0.25, 0.3) is 0 Å². The first-order chi connectivity index (χ1) is 13.7. The largest absolute Gasteiger partial charge is 0.393 e. The predicted octanol–water partition coefficient (Wildman–Crippen LogP) is 7.63. The minimum absolute atomic E-state index is 0.0700. The van der Waals surface area contributed by atoms with Crippen molar-refractivity contribution < 1.29 is 5.11 Å². The summed E-state index contributed by atoms with van der Waals surface area (Å²) in [6.07, 6.45) is 16.1. The second kappa shape index (κ2) is 7.99. The van der Waals surface area contributed by atoms with E-state index in [0.717, 1.165) is 36.0 Å². The second-order valence-corrected chi connectivity index (χ2v) is 12.7. The van der Waals surface area contributed by atoms with Crippen molar-refractivity contribution in [3.05, 3.63) is 11.6 Å². The molecule has 166 valence electrons. The molecule has 0 unspecified atom stereocenters. The normalized spacial score (nSPS) is 47.9. The van der Waals surface area contributed by atoms with Gasteiger partial charge in [-0.05, 0) is 97.2 Å². The Morgan fingerprint density at radius 1 is 0.966 bits per heavy atom. The van der Waals surface area contributed by atoms with E-state index < -0.39 is 0 Å². The summed E-state index contributed by atoms with van der Waals surface area (Å²) in [6.45, 7) is 14.9. The Morgan fingerprint density at radius 3 is 2.38 bits per heavy atom. The molecule has 0 saturated heterocycles. The van der Waals surface area contributed by atoms with E-state index >= 15 is 0 Å². The molecule has 0 amide bonds. The maximum Gasteiger partial charge on any atom is 0.0568 e. The molecular formula is C28H48O. The SMILES string of the molecule is CC(C)CCC[C@@H](C)[C@H]1CC[C@H]2C3=CC[C@@H]4[C@H](C)[C@@H](O)CC[C@]4(C)[C@H]3CC[C@]12C. The summed E-state index contributed by atoms with van der Waals surface area (Å²) >= 11 is 0. The van der Waals surface area contributed by atoms with E-state index in [1.54, 1.807) is 0 Å². The van der Waals surface area contributed by atoms with Crippen molar-refractivity contribution in [1.82, 2.24) is 0 Å². The van der Waals surface area contributed by atoms with Crippen LogP contribution in [0.15, 0.2) is 11.6 Å². The van der Waals surface area contributed by atoms with Gasteiger partial charge in [0.2, 0.25) is 0 Å². The Bertz CT molecular complexity index is 620. The van der Waals surface area contributed by atoms with Crippen molar-refractivity contribution in [3.63, 3.8) is 0 Å². The molecule has 29 heavy (non-hydrogen) atoms. The summed E-state index contributed by atoms with van der Waals surface area (Å²) in [6, 6.07) is 0. The Hall–Kier alpha value is -0.300. The quantitative estimate of drug-likeness (QED) is 0.470.